The number of amides is 2. The molecule has 0 atom stereocenters. The summed E-state index contributed by atoms with van der Waals surface area (Å²) in [5, 5.41) is 2.32. The van der Waals surface area contributed by atoms with E-state index in [1.807, 2.05) is 0 Å². The number of alkyl halides is 3. The normalized spacial score (nSPS) is 10.8. The summed E-state index contributed by atoms with van der Waals surface area (Å²) < 4.78 is 42.0. The Labute approximate surface area is 114 Å². The Morgan fingerprint density at radius 1 is 1.60 bits per heavy atom. The Morgan fingerprint density at radius 2 is 2.30 bits per heavy atom. The maximum atomic E-state index is 12.4. The lowest BCUT2D eigenvalue weighted by molar-refractivity contribution is -0.138. The van der Waals surface area contributed by atoms with E-state index in [0.29, 0.717) is 4.90 Å². The molecule has 0 unspecified atom stereocenters. The summed E-state index contributed by atoms with van der Waals surface area (Å²) in [6, 6.07) is 2.09. The number of nitrogens with zero attached hydrogens (tertiary/aromatic N) is 2. The van der Waals surface area contributed by atoms with Crippen molar-refractivity contribution in [3.8, 4) is 5.88 Å². The molecule has 1 rings (SSSR count). The van der Waals surface area contributed by atoms with Gasteiger partial charge in [-0.3, -0.25) is 0 Å². The van der Waals surface area contributed by atoms with E-state index in [2.05, 4.69) is 16.9 Å². The van der Waals surface area contributed by atoms with Gasteiger partial charge in [0.2, 0.25) is 5.88 Å². The van der Waals surface area contributed by atoms with E-state index in [4.69, 9.17) is 4.74 Å². The topological polar surface area (TPSA) is 54.5 Å². The van der Waals surface area contributed by atoms with Gasteiger partial charge in [-0.05, 0) is 12.1 Å². The number of aromatic nitrogens is 1. The predicted octanol–water partition coefficient (Wildman–Crippen LogP) is 2.67. The van der Waals surface area contributed by atoms with E-state index < -0.39 is 18.8 Å². The monoisotopic (exact) mass is 289 g/mol. The van der Waals surface area contributed by atoms with E-state index in [-0.39, 0.29) is 18.1 Å². The van der Waals surface area contributed by atoms with Gasteiger partial charge in [-0.15, -0.1) is 6.58 Å². The molecule has 1 heterocycles. The molecule has 0 saturated heterocycles. The van der Waals surface area contributed by atoms with Gasteiger partial charge in [-0.1, -0.05) is 6.08 Å². The molecule has 0 spiro atoms. The van der Waals surface area contributed by atoms with Crippen molar-refractivity contribution in [3.05, 3.63) is 31.0 Å². The number of carbonyl (C=O) groups is 1. The van der Waals surface area contributed by atoms with Crippen molar-refractivity contribution >= 4 is 11.7 Å². The second-order valence-corrected chi connectivity index (χ2v) is 3.77. The number of anilines is 1. The van der Waals surface area contributed by atoms with Gasteiger partial charge >= 0.3 is 12.2 Å². The molecule has 1 N–H and O–H groups in total. The zero-order chi connectivity index (χ0) is 15.2. The highest BCUT2D eigenvalue weighted by molar-refractivity contribution is 5.90. The van der Waals surface area contributed by atoms with Crippen LogP contribution in [0.5, 0.6) is 5.88 Å². The Kier molecular flexibility index (Phi) is 5.36. The third kappa shape index (κ3) is 4.79. The molecule has 0 aliphatic carbocycles. The van der Waals surface area contributed by atoms with Crippen LogP contribution in [0.15, 0.2) is 31.0 Å². The zero-order valence-electron chi connectivity index (χ0n) is 10.8. The van der Waals surface area contributed by atoms with Crippen molar-refractivity contribution in [2.45, 2.75) is 6.18 Å². The molecule has 0 radical (unpaired) electrons. The second-order valence-electron chi connectivity index (χ2n) is 3.77. The Balaban J connectivity index is 2.82. The summed E-state index contributed by atoms with van der Waals surface area (Å²) in [5.74, 6) is 0.117. The minimum Gasteiger partial charge on any atom is -0.480 e. The second kappa shape index (κ2) is 6.78. The standard InChI is InChI=1S/C12H14F3N3O2/c1-3-7-18(8-12(13,14)15)11(19)17-9-5-4-6-16-10(9)20-2/h3-6H,1,7-8H2,2H3,(H,17,19). The first-order chi connectivity index (χ1) is 9.37. The number of rotatable bonds is 5. The molecule has 0 bridgehead atoms. The van der Waals surface area contributed by atoms with Crippen molar-refractivity contribution < 1.29 is 22.7 Å². The fourth-order valence-corrected chi connectivity index (χ4v) is 1.43. The quantitative estimate of drug-likeness (QED) is 0.848. The van der Waals surface area contributed by atoms with Crippen LogP contribution in [0.3, 0.4) is 0 Å². The molecule has 1 aromatic heterocycles. The van der Waals surface area contributed by atoms with Gasteiger partial charge in [0, 0.05) is 12.7 Å². The first-order valence-electron chi connectivity index (χ1n) is 5.60. The number of methoxy groups -OCH3 is 1. The molecular formula is C12H14F3N3O2. The molecule has 8 heteroatoms. The van der Waals surface area contributed by atoms with Crippen LogP contribution in [0, 0.1) is 0 Å². The van der Waals surface area contributed by atoms with Crippen molar-refractivity contribution in [1.82, 2.24) is 9.88 Å². The number of hydrogen-bond acceptors (Lipinski definition) is 3. The number of nitrogens with one attached hydrogen (secondary N) is 1. The molecular weight excluding hydrogens is 275 g/mol. The average molecular weight is 289 g/mol. The highest BCUT2D eigenvalue weighted by Gasteiger charge is 2.32. The Bertz CT molecular complexity index is 477. The van der Waals surface area contributed by atoms with Crippen LogP contribution in [0.1, 0.15) is 0 Å². The van der Waals surface area contributed by atoms with Crippen LogP contribution in [0.25, 0.3) is 0 Å². The van der Waals surface area contributed by atoms with Gasteiger partial charge in [0.15, 0.2) is 0 Å². The first kappa shape index (κ1) is 15.8. The molecule has 5 nitrogen and oxygen atoms in total. The summed E-state index contributed by atoms with van der Waals surface area (Å²) in [7, 11) is 1.34. The SMILES string of the molecule is C=CCN(CC(F)(F)F)C(=O)Nc1cccnc1OC. The minimum atomic E-state index is -4.49. The highest BCUT2D eigenvalue weighted by Crippen LogP contribution is 2.21. The van der Waals surface area contributed by atoms with E-state index in [9.17, 15) is 18.0 Å². The van der Waals surface area contributed by atoms with E-state index in [1.165, 1.54) is 31.5 Å². The van der Waals surface area contributed by atoms with Crippen LogP contribution in [0.2, 0.25) is 0 Å². The number of urea groups is 1. The molecule has 0 saturated carbocycles. The number of halogens is 3. The largest absolute Gasteiger partial charge is 0.480 e. The lowest BCUT2D eigenvalue weighted by Crippen LogP contribution is -2.41. The van der Waals surface area contributed by atoms with Crippen LogP contribution in [-0.4, -0.2) is 42.3 Å². The van der Waals surface area contributed by atoms with Crippen LogP contribution in [0.4, 0.5) is 23.7 Å². The van der Waals surface area contributed by atoms with Crippen LogP contribution in [-0.2, 0) is 0 Å². The predicted molar refractivity (Wildman–Crippen MR) is 67.6 cm³/mol. The molecule has 0 aliphatic heterocycles. The summed E-state index contributed by atoms with van der Waals surface area (Å²) in [6.07, 6.45) is -1.84. The van der Waals surface area contributed by atoms with Crippen molar-refractivity contribution in [3.63, 3.8) is 0 Å². The van der Waals surface area contributed by atoms with Crippen molar-refractivity contribution in [2.75, 3.05) is 25.5 Å². The third-order valence-electron chi connectivity index (χ3n) is 2.21. The molecule has 20 heavy (non-hydrogen) atoms. The average Bonchev–Trinajstić information content (AvgIpc) is 2.37. The summed E-state index contributed by atoms with van der Waals surface area (Å²) >= 11 is 0. The first-order valence-corrected chi connectivity index (χ1v) is 5.60. The van der Waals surface area contributed by atoms with Gasteiger partial charge < -0.3 is 15.0 Å². The Hall–Kier alpha value is -2.25. The van der Waals surface area contributed by atoms with Crippen LogP contribution >= 0.6 is 0 Å². The maximum Gasteiger partial charge on any atom is 0.406 e. The summed E-state index contributed by atoms with van der Waals surface area (Å²) in [4.78, 5) is 16.2. The number of pyridine rings is 1. The van der Waals surface area contributed by atoms with Crippen molar-refractivity contribution in [2.24, 2.45) is 0 Å². The number of hydrogen-bond donors (Lipinski definition) is 1. The Morgan fingerprint density at radius 3 is 2.85 bits per heavy atom. The summed E-state index contributed by atoms with van der Waals surface area (Å²) in [5.41, 5.74) is 0.191. The lowest BCUT2D eigenvalue weighted by atomic mass is 10.4. The molecule has 110 valence electrons. The fraction of sp³-hybridized carbons (Fsp3) is 0.333. The molecule has 0 aliphatic rings. The maximum absolute atomic E-state index is 12.4. The fourth-order valence-electron chi connectivity index (χ4n) is 1.43. The van der Waals surface area contributed by atoms with E-state index in [0.717, 1.165) is 0 Å². The molecule has 0 fully saturated rings. The van der Waals surface area contributed by atoms with Gasteiger partial charge in [0.1, 0.15) is 12.2 Å². The summed E-state index contributed by atoms with van der Waals surface area (Å²) in [6.45, 7) is 1.73. The third-order valence-corrected chi connectivity index (χ3v) is 2.21. The zero-order valence-corrected chi connectivity index (χ0v) is 10.8. The molecule has 2 amide bonds. The lowest BCUT2D eigenvalue weighted by Gasteiger charge is -2.23. The van der Waals surface area contributed by atoms with E-state index in [1.54, 1.807) is 0 Å². The highest BCUT2D eigenvalue weighted by atomic mass is 19.4. The van der Waals surface area contributed by atoms with Gasteiger partial charge in [-0.2, -0.15) is 13.2 Å². The van der Waals surface area contributed by atoms with Crippen LogP contribution < -0.4 is 10.1 Å². The minimum absolute atomic E-state index is 0.117. The molecule has 0 aromatic carbocycles. The number of carbonyl (C=O) groups excluding carboxylic acids is 1. The molecule has 1 aromatic rings. The van der Waals surface area contributed by atoms with Gasteiger partial charge in [0.05, 0.1) is 7.11 Å². The van der Waals surface area contributed by atoms with Gasteiger partial charge in [0.25, 0.3) is 0 Å². The van der Waals surface area contributed by atoms with Gasteiger partial charge in [-0.25, -0.2) is 9.78 Å². The number of ether oxygens (including phenoxy) is 1. The smallest absolute Gasteiger partial charge is 0.406 e. The van der Waals surface area contributed by atoms with E-state index >= 15 is 0 Å². The van der Waals surface area contributed by atoms with Crippen molar-refractivity contribution in [1.29, 1.82) is 0 Å².